The first kappa shape index (κ1) is 16.2. The fourth-order valence-corrected chi connectivity index (χ4v) is 2.29. The zero-order chi connectivity index (χ0) is 14.9. The van der Waals surface area contributed by atoms with Crippen molar-refractivity contribution < 1.29 is 19.3 Å². The third-order valence-electron chi connectivity index (χ3n) is 3.58. The Morgan fingerprint density at radius 2 is 2.10 bits per heavy atom. The predicted octanol–water partition coefficient (Wildman–Crippen LogP) is 1.33. The van der Waals surface area contributed by atoms with Gasteiger partial charge in [-0.05, 0) is 36.5 Å². The van der Waals surface area contributed by atoms with Crippen LogP contribution in [0.25, 0.3) is 0 Å². The van der Waals surface area contributed by atoms with E-state index in [9.17, 15) is 5.11 Å². The van der Waals surface area contributed by atoms with Crippen molar-refractivity contribution in [3.63, 3.8) is 0 Å². The van der Waals surface area contributed by atoms with E-state index in [4.69, 9.17) is 19.9 Å². The number of hydrogen-bond acceptors (Lipinski definition) is 5. The van der Waals surface area contributed by atoms with E-state index in [1.807, 2.05) is 24.3 Å². The third kappa shape index (κ3) is 6.01. The second-order valence-electron chi connectivity index (χ2n) is 5.41. The lowest BCUT2D eigenvalue weighted by Gasteiger charge is -2.22. The van der Waals surface area contributed by atoms with Gasteiger partial charge in [0.2, 0.25) is 0 Å². The lowest BCUT2D eigenvalue weighted by Crippen LogP contribution is -2.26. The number of aliphatic hydroxyl groups excluding tert-OH is 1. The Balaban J connectivity index is 1.61. The molecule has 0 amide bonds. The molecule has 0 radical (unpaired) electrons. The van der Waals surface area contributed by atoms with Gasteiger partial charge in [0.15, 0.2) is 0 Å². The van der Waals surface area contributed by atoms with Crippen LogP contribution in [0, 0.1) is 5.92 Å². The van der Waals surface area contributed by atoms with Gasteiger partial charge in [-0.25, -0.2) is 0 Å². The van der Waals surface area contributed by atoms with E-state index in [1.54, 1.807) is 0 Å². The van der Waals surface area contributed by atoms with Gasteiger partial charge in [-0.2, -0.15) is 0 Å². The average Bonchev–Trinajstić information content (AvgIpc) is 2.54. The molecule has 21 heavy (non-hydrogen) atoms. The normalized spacial score (nSPS) is 17.6. The molecule has 1 aromatic carbocycles. The third-order valence-corrected chi connectivity index (χ3v) is 3.58. The largest absolute Gasteiger partial charge is 0.491 e. The van der Waals surface area contributed by atoms with Gasteiger partial charge in [-0.1, -0.05) is 12.1 Å². The van der Waals surface area contributed by atoms with Crippen LogP contribution >= 0.6 is 0 Å². The first-order valence-corrected chi connectivity index (χ1v) is 7.53. The quantitative estimate of drug-likeness (QED) is 0.757. The molecule has 1 atom stereocenters. The van der Waals surface area contributed by atoms with Crippen molar-refractivity contribution in [1.82, 2.24) is 0 Å². The molecular formula is C16H25NO4. The van der Waals surface area contributed by atoms with E-state index in [1.165, 1.54) is 0 Å². The van der Waals surface area contributed by atoms with Crippen molar-refractivity contribution in [3.8, 4) is 5.75 Å². The molecule has 0 spiro atoms. The first-order chi connectivity index (χ1) is 10.3. The van der Waals surface area contributed by atoms with E-state index in [2.05, 4.69) is 0 Å². The lowest BCUT2D eigenvalue weighted by atomic mass is 10.0. The highest BCUT2D eigenvalue weighted by atomic mass is 16.5. The minimum atomic E-state index is -0.619. The van der Waals surface area contributed by atoms with Crippen LogP contribution in [0.2, 0.25) is 0 Å². The molecule has 1 aliphatic heterocycles. The number of rotatable bonds is 8. The van der Waals surface area contributed by atoms with Crippen LogP contribution in [0.15, 0.2) is 24.3 Å². The zero-order valence-electron chi connectivity index (χ0n) is 12.4. The van der Waals surface area contributed by atoms with Crippen LogP contribution in [0.5, 0.6) is 5.75 Å². The van der Waals surface area contributed by atoms with E-state index in [0.717, 1.165) is 37.4 Å². The molecule has 1 heterocycles. The summed E-state index contributed by atoms with van der Waals surface area (Å²) in [6.07, 6.45) is 1.46. The Kier molecular flexibility index (Phi) is 6.95. The van der Waals surface area contributed by atoms with Gasteiger partial charge >= 0.3 is 0 Å². The molecule has 0 aliphatic carbocycles. The fourth-order valence-electron chi connectivity index (χ4n) is 2.29. The molecule has 5 nitrogen and oxygen atoms in total. The van der Waals surface area contributed by atoms with E-state index < -0.39 is 6.10 Å². The molecule has 2 rings (SSSR count). The van der Waals surface area contributed by atoms with E-state index in [0.29, 0.717) is 25.7 Å². The van der Waals surface area contributed by atoms with Crippen LogP contribution in [-0.4, -0.2) is 44.2 Å². The maximum atomic E-state index is 9.87. The van der Waals surface area contributed by atoms with Gasteiger partial charge in [0.1, 0.15) is 18.5 Å². The summed E-state index contributed by atoms with van der Waals surface area (Å²) in [6.45, 7) is 3.32. The molecule has 1 aromatic rings. The second-order valence-corrected chi connectivity index (χ2v) is 5.41. The molecule has 0 aromatic heterocycles. The topological polar surface area (TPSA) is 73.9 Å². The van der Waals surface area contributed by atoms with E-state index >= 15 is 0 Å². The van der Waals surface area contributed by atoms with Crippen molar-refractivity contribution >= 4 is 0 Å². The molecule has 3 N–H and O–H groups in total. The van der Waals surface area contributed by atoms with Crippen molar-refractivity contribution in [3.05, 3.63) is 29.8 Å². The summed E-state index contributed by atoms with van der Waals surface area (Å²) in [5, 5.41) is 9.87. The van der Waals surface area contributed by atoms with Crippen LogP contribution in [0.4, 0.5) is 0 Å². The Morgan fingerprint density at radius 3 is 2.86 bits per heavy atom. The van der Waals surface area contributed by atoms with Gasteiger partial charge in [-0.15, -0.1) is 0 Å². The maximum absolute atomic E-state index is 9.87. The maximum Gasteiger partial charge on any atom is 0.119 e. The number of ether oxygens (including phenoxy) is 3. The molecular weight excluding hydrogens is 270 g/mol. The zero-order valence-corrected chi connectivity index (χ0v) is 12.4. The Labute approximate surface area is 126 Å². The molecule has 0 bridgehead atoms. The number of benzene rings is 1. The van der Waals surface area contributed by atoms with Gasteiger partial charge in [0.05, 0.1) is 6.61 Å². The molecule has 1 saturated heterocycles. The Morgan fingerprint density at radius 1 is 1.29 bits per heavy atom. The molecule has 118 valence electrons. The fraction of sp³-hybridized carbons (Fsp3) is 0.625. The van der Waals surface area contributed by atoms with Crippen molar-refractivity contribution in [2.45, 2.75) is 25.5 Å². The van der Waals surface area contributed by atoms with Crippen LogP contribution in [-0.2, 0) is 16.0 Å². The Hall–Kier alpha value is -1.14. The van der Waals surface area contributed by atoms with Crippen LogP contribution in [0.3, 0.4) is 0 Å². The van der Waals surface area contributed by atoms with Gasteiger partial charge in [0.25, 0.3) is 0 Å². The molecule has 5 heteroatoms. The van der Waals surface area contributed by atoms with Gasteiger partial charge < -0.3 is 25.1 Å². The van der Waals surface area contributed by atoms with Crippen molar-refractivity contribution in [2.75, 3.05) is 33.0 Å². The Bertz CT molecular complexity index is 407. The highest BCUT2D eigenvalue weighted by molar-refractivity contribution is 5.28. The minimum absolute atomic E-state index is 0.224. The van der Waals surface area contributed by atoms with Crippen molar-refractivity contribution in [1.29, 1.82) is 0 Å². The monoisotopic (exact) mass is 295 g/mol. The summed E-state index contributed by atoms with van der Waals surface area (Å²) in [5.74, 6) is 1.27. The lowest BCUT2D eigenvalue weighted by molar-refractivity contribution is -0.0203. The first-order valence-electron chi connectivity index (χ1n) is 7.53. The molecule has 1 aliphatic rings. The van der Waals surface area contributed by atoms with Crippen molar-refractivity contribution in [2.24, 2.45) is 11.7 Å². The molecule has 0 saturated carbocycles. The van der Waals surface area contributed by atoms with Gasteiger partial charge in [0, 0.05) is 26.4 Å². The molecule has 1 unspecified atom stereocenters. The summed E-state index contributed by atoms with van der Waals surface area (Å²) in [4.78, 5) is 0. The molecule has 1 fully saturated rings. The number of nitrogens with two attached hydrogens (primary N) is 1. The highest BCUT2D eigenvalue weighted by Gasteiger charge is 2.14. The summed E-state index contributed by atoms with van der Waals surface area (Å²) < 4.78 is 16.4. The smallest absolute Gasteiger partial charge is 0.119 e. The van der Waals surface area contributed by atoms with Crippen LogP contribution in [0.1, 0.15) is 18.4 Å². The average molecular weight is 295 g/mol. The number of hydrogen-bond donors (Lipinski definition) is 2. The summed E-state index contributed by atoms with van der Waals surface area (Å²) in [5.41, 5.74) is 6.59. The summed E-state index contributed by atoms with van der Waals surface area (Å²) in [6, 6.07) is 7.58. The van der Waals surface area contributed by atoms with Crippen LogP contribution < -0.4 is 10.5 Å². The highest BCUT2D eigenvalue weighted by Crippen LogP contribution is 2.15. The van der Waals surface area contributed by atoms with E-state index in [-0.39, 0.29) is 6.61 Å². The standard InChI is InChI=1S/C16H25NO4/c17-9-14-2-1-3-16(8-14)21-12-15(18)11-20-10-13-4-6-19-7-5-13/h1-3,8,13,15,18H,4-7,9-12,17H2. The predicted molar refractivity (Wildman–Crippen MR) is 80.2 cm³/mol. The summed E-state index contributed by atoms with van der Waals surface area (Å²) in [7, 11) is 0. The minimum Gasteiger partial charge on any atom is -0.491 e. The summed E-state index contributed by atoms with van der Waals surface area (Å²) >= 11 is 0. The SMILES string of the molecule is NCc1cccc(OCC(O)COCC2CCOCC2)c1. The second kappa shape index (κ2) is 9.00. The number of aliphatic hydroxyl groups is 1. The van der Waals surface area contributed by atoms with Gasteiger partial charge in [-0.3, -0.25) is 0 Å².